The Morgan fingerprint density at radius 1 is 1.21 bits per heavy atom. The van der Waals surface area contributed by atoms with Gasteiger partial charge in [0, 0.05) is 42.7 Å². The molecule has 0 spiro atoms. The van der Waals surface area contributed by atoms with Crippen LogP contribution in [0.2, 0.25) is 0 Å². The van der Waals surface area contributed by atoms with Gasteiger partial charge in [0.1, 0.15) is 18.0 Å². The highest BCUT2D eigenvalue weighted by Gasteiger charge is 2.40. The van der Waals surface area contributed by atoms with Gasteiger partial charge in [0.2, 0.25) is 11.8 Å². The third-order valence-electron chi connectivity index (χ3n) is 6.70. The number of amides is 2. The first-order chi connectivity index (χ1) is 18.9. The number of nitrogens with zero attached hydrogens (tertiary/aromatic N) is 1. The number of para-hydroxylation sites is 2. The maximum absolute atomic E-state index is 13.4. The Hall–Kier alpha value is -3.15. The molecule has 0 bridgehead atoms. The molecule has 1 aromatic heterocycles. The molecule has 3 unspecified atom stereocenters. The summed E-state index contributed by atoms with van der Waals surface area (Å²) in [5, 5.41) is 24.5. The van der Waals surface area contributed by atoms with Gasteiger partial charge in [-0.15, -0.1) is 0 Å². The number of halogens is 1. The molecule has 4 rings (SSSR count). The number of fused-ring (bicyclic) bond motifs is 1. The molecule has 1 aliphatic rings. The smallest absolute Gasteiger partial charge is 0.247 e. The van der Waals surface area contributed by atoms with E-state index in [0.717, 1.165) is 20.2 Å². The third kappa shape index (κ3) is 7.28. The quantitative estimate of drug-likeness (QED) is 0.188. The Labute approximate surface area is 241 Å². The molecule has 0 radical (unpaired) electrons. The van der Waals surface area contributed by atoms with E-state index in [1.807, 2.05) is 49.4 Å². The van der Waals surface area contributed by atoms with E-state index >= 15 is 0 Å². The normalized spacial score (nSPS) is 19.2. The molecule has 9 heteroatoms. The molecule has 3 aromatic rings. The van der Waals surface area contributed by atoms with Crippen molar-refractivity contribution in [3.63, 3.8) is 0 Å². The fraction of sp³-hybridized carbons (Fsp3) is 0.333. The van der Waals surface area contributed by atoms with Crippen molar-refractivity contribution in [2.75, 3.05) is 19.7 Å². The number of aliphatic hydroxyl groups excluding tert-OH is 2. The lowest BCUT2D eigenvalue weighted by Gasteiger charge is -2.40. The van der Waals surface area contributed by atoms with Gasteiger partial charge in [-0.05, 0) is 70.8 Å². The van der Waals surface area contributed by atoms with Crippen molar-refractivity contribution in [3.8, 4) is 5.75 Å². The van der Waals surface area contributed by atoms with Gasteiger partial charge >= 0.3 is 0 Å². The summed E-state index contributed by atoms with van der Waals surface area (Å²) in [7, 11) is 0. The Kier molecular flexibility index (Phi) is 10.2. The number of allylic oxidation sites excluding steroid dienone is 1. The van der Waals surface area contributed by atoms with Crippen molar-refractivity contribution in [2.24, 2.45) is 0 Å². The van der Waals surface area contributed by atoms with Gasteiger partial charge in [0.05, 0.1) is 16.2 Å². The Balaban J connectivity index is 1.64. The van der Waals surface area contributed by atoms with E-state index < -0.39 is 18.2 Å². The van der Waals surface area contributed by atoms with Crippen LogP contribution in [0, 0.1) is 3.57 Å². The van der Waals surface area contributed by atoms with Crippen molar-refractivity contribution in [1.82, 2.24) is 15.2 Å². The second-order valence-corrected chi connectivity index (χ2v) is 10.6. The van der Waals surface area contributed by atoms with E-state index in [9.17, 15) is 19.8 Å². The Bertz CT molecular complexity index is 1320. The van der Waals surface area contributed by atoms with Crippen molar-refractivity contribution in [2.45, 2.75) is 44.4 Å². The molecule has 4 N–H and O–H groups in total. The first kappa shape index (κ1) is 28.8. The molecule has 1 heterocycles. The fourth-order valence-corrected chi connectivity index (χ4v) is 5.24. The topological polar surface area (TPSA) is 115 Å². The van der Waals surface area contributed by atoms with Crippen LogP contribution in [0.15, 0.2) is 78.4 Å². The van der Waals surface area contributed by atoms with E-state index in [4.69, 9.17) is 4.74 Å². The summed E-state index contributed by atoms with van der Waals surface area (Å²) in [6.07, 6.45) is 4.41. The van der Waals surface area contributed by atoms with Crippen LogP contribution < -0.4 is 10.1 Å². The second kappa shape index (κ2) is 13.8. The summed E-state index contributed by atoms with van der Waals surface area (Å²) < 4.78 is 7.06. The molecular weight excluding hydrogens is 609 g/mol. The first-order valence-electron chi connectivity index (χ1n) is 13.1. The van der Waals surface area contributed by atoms with Gasteiger partial charge in [-0.3, -0.25) is 9.59 Å². The van der Waals surface area contributed by atoms with E-state index in [1.54, 1.807) is 23.1 Å². The van der Waals surface area contributed by atoms with Crippen molar-refractivity contribution in [1.29, 1.82) is 0 Å². The molecule has 206 valence electrons. The molecule has 1 aliphatic carbocycles. The van der Waals surface area contributed by atoms with Crippen LogP contribution in [-0.4, -0.2) is 69.9 Å². The maximum atomic E-state index is 13.4. The number of benzene rings is 2. The third-order valence-corrected chi connectivity index (χ3v) is 7.59. The molecule has 3 atom stereocenters. The molecule has 0 aliphatic heterocycles. The molecule has 39 heavy (non-hydrogen) atoms. The highest BCUT2D eigenvalue weighted by atomic mass is 127. The number of hydrogen-bond donors (Lipinski definition) is 4. The van der Waals surface area contributed by atoms with Gasteiger partial charge < -0.3 is 30.2 Å². The zero-order valence-electron chi connectivity index (χ0n) is 21.8. The summed E-state index contributed by atoms with van der Waals surface area (Å²) in [5.74, 6) is -0.0116. The molecule has 0 saturated carbocycles. The zero-order valence-corrected chi connectivity index (χ0v) is 24.0. The van der Waals surface area contributed by atoms with Gasteiger partial charge in [0.25, 0.3) is 0 Å². The van der Waals surface area contributed by atoms with Crippen LogP contribution in [0.25, 0.3) is 10.9 Å². The number of rotatable bonds is 11. The highest BCUT2D eigenvalue weighted by molar-refractivity contribution is 14.1. The average Bonchev–Trinajstić information content (AvgIpc) is 3.36. The predicted molar refractivity (Wildman–Crippen MR) is 159 cm³/mol. The molecule has 8 nitrogen and oxygen atoms in total. The molecular formula is C30H34IN3O5. The highest BCUT2D eigenvalue weighted by Crippen LogP contribution is 2.30. The van der Waals surface area contributed by atoms with Gasteiger partial charge in [-0.2, -0.15) is 0 Å². The number of carbonyl (C=O) groups is 2. The van der Waals surface area contributed by atoms with Crippen LogP contribution in [0.3, 0.4) is 0 Å². The van der Waals surface area contributed by atoms with Crippen molar-refractivity contribution >= 4 is 45.3 Å². The largest absolute Gasteiger partial charge is 0.482 e. The van der Waals surface area contributed by atoms with Crippen LogP contribution >= 0.6 is 22.6 Å². The van der Waals surface area contributed by atoms with Crippen LogP contribution in [0.5, 0.6) is 5.75 Å². The summed E-state index contributed by atoms with van der Waals surface area (Å²) in [4.78, 5) is 31.4. The summed E-state index contributed by atoms with van der Waals surface area (Å²) in [6.45, 7) is 2.20. The van der Waals surface area contributed by atoms with E-state index in [1.165, 1.54) is 6.08 Å². The minimum Gasteiger partial charge on any atom is -0.482 e. The summed E-state index contributed by atoms with van der Waals surface area (Å²) >= 11 is 2.16. The van der Waals surface area contributed by atoms with Gasteiger partial charge in [-0.25, -0.2) is 0 Å². The number of carbonyl (C=O) groups excluding carboxylic acids is 2. The zero-order chi connectivity index (χ0) is 27.8. The van der Waals surface area contributed by atoms with Gasteiger partial charge in [-0.1, -0.05) is 43.3 Å². The van der Waals surface area contributed by atoms with Crippen LogP contribution in [0.4, 0.5) is 0 Å². The lowest BCUT2D eigenvalue weighted by atomic mass is 9.88. The maximum Gasteiger partial charge on any atom is 0.247 e. The van der Waals surface area contributed by atoms with Crippen LogP contribution in [0.1, 0.15) is 25.5 Å². The first-order valence-corrected chi connectivity index (χ1v) is 14.2. The number of nitrogens with one attached hydrogen (secondary N) is 2. The van der Waals surface area contributed by atoms with Crippen molar-refractivity contribution < 1.29 is 24.5 Å². The number of hydrogen-bond acceptors (Lipinski definition) is 5. The lowest BCUT2D eigenvalue weighted by Crippen LogP contribution is -2.55. The standard InChI is InChI=1S/C30H34IN3O5/c1-2-3-12-28(36)34(15-13-22-17-20-8-4-6-10-24(20)33-22)25-18-21(30(38)32-14-16-35)19-27(29(25)37)39-26-11-7-5-9-23(26)31/h3-12,17,19,25,27,29,33,35,37H,2,13-16,18H2,1H3,(H,32,38). The van der Waals surface area contributed by atoms with Gasteiger partial charge in [0.15, 0.2) is 0 Å². The van der Waals surface area contributed by atoms with Crippen LogP contribution in [-0.2, 0) is 16.0 Å². The number of H-pyrrole nitrogens is 1. The molecule has 2 aromatic carbocycles. The monoisotopic (exact) mass is 643 g/mol. The number of aliphatic hydroxyl groups is 2. The van der Waals surface area contributed by atoms with Crippen molar-refractivity contribution in [3.05, 3.63) is 87.7 Å². The molecule has 0 fully saturated rings. The number of aromatic nitrogens is 1. The Morgan fingerprint density at radius 2 is 1.97 bits per heavy atom. The Morgan fingerprint density at radius 3 is 2.72 bits per heavy atom. The lowest BCUT2D eigenvalue weighted by molar-refractivity contribution is -0.133. The SMILES string of the molecule is CCC=CC(=O)N(CCc1cc2ccccc2[nH]1)C1CC(C(=O)NCCO)=CC(Oc2ccccc2I)C1O. The predicted octanol–water partition coefficient (Wildman–Crippen LogP) is 3.73. The number of aromatic amines is 1. The van der Waals surface area contributed by atoms with E-state index in [-0.39, 0.29) is 31.4 Å². The average molecular weight is 644 g/mol. The molecule has 2 amide bonds. The number of ether oxygens (including phenoxy) is 1. The van der Waals surface area contributed by atoms with E-state index in [0.29, 0.717) is 30.7 Å². The summed E-state index contributed by atoms with van der Waals surface area (Å²) in [6, 6.07) is 16.8. The van der Waals surface area contributed by atoms with E-state index in [2.05, 4.69) is 39.0 Å². The second-order valence-electron chi connectivity index (χ2n) is 9.42. The minimum absolute atomic E-state index is 0.105. The minimum atomic E-state index is -1.07. The molecule has 0 saturated heterocycles. The fourth-order valence-electron chi connectivity index (χ4n) is 4.73. The summed E-state index contributed by atoms with van der Waals surface area (Å²) in [5.41, 5.74) is 2.39.